The first-order valence-corrected chi connectivity index (χ1v) is 16.3. The van der Waals surface area contributed by atoms with Crippen LogP contribution in [0.4, 0.5) is 21.0 Å². The third kappa shape index (κ3) is 6.61. The van der Waals surface area contributed by atoms with Crippen LogP contribution < -0.4 is 4.75 Å². The molecule has 1 unspecified atom stereocenters. The molecule has 1 N–H and O–H groups in total. The van der Waals surface area contributed by atoms with Crippen LogP contribution in [0.5, 0.6) is 0 Å². The summed E-state index contributed by atoms with van der Waals surface area (Å²) in [6, 6.07) is 0. The highest BCUT2D eigenvalue weighted by Crippen LogP contribution is 2.84. The van der Waals surface area contributed by atoms with E-state index in [4.69, 9.17) is 22.5 Å². The monoisotopic (exact) mass is 433 g/mol. The number of hydrogen-bond donors (Lipinski definition) is 1. The Morgan fingerprint density at radius 3 is 1.80 bits per heavy atom. The van der Waals surface area contributed by atoms with E-state index >= 15 is 0 Å². The topological polar surface area (TPSA) is 61.5 Å². The van der Waals surface area contributed by atoms with Crippen LogP contribution in [0.25, 0.3) is 0 Å². The highest BCUT2D eigenvalue weighted by molar-refractivity contribution is 8.11. The number of nitrogens with one attached hydrogen (secondary N) is 1. The molecule has 20 heavy (non-hydrogen) atoms. The molecule has 0 fully saturated rings. The fraction of sp³-hybridized carbons (Fsp3) is 1.00. The van der Waals surface area contributed by atoms with Gasteiger partial charge in [-0.2, -0.15) is 8.71 Å². The Morgan fingerprint density at radius 1 is 0.950 bits per heavy atom. The molecule has 0 amide bonds. The second-order valence-electron chi connectivity index (χ2n) is 4.61. The molecule has 0 aromatic rings. The van der Waals surface area contributed by atoms with Crippen LogP contribution in [0.3, 0.4) is 0 Å². The van der Waals surface area contributed by atoms with Gasteiger partial charge in [-0.15, -0.1) is 30.3 Å². The molecule has 120 valence electrons. The van der Waals surface area contributed by atoms with Crippen molar-refractivity contribution < 1.29 is 21.0 Å². The van der Waals surface area contributed by atoms with Crippen LogP contribution in [0.1, 0.15) is 0 Å². The van der Waals surface area contributed by atoms with Gasteiger partial charge in [0.2, 0.25) is 5.91 Å². The first kappa shape index (κ1) is 19.4. The quantitative estimate of drug-likeness (QED) is 0.270. The summed E-state index contributed by atoms with van der Waals surface area (Å²) in [6.45, 7) is 5.21. The largest absolute Gasteiger partial charge is 0.424 e. The third-order valence-electron chi connectivity index (χ3n) is 1.35. The van der Waals surface area contributed by atoms with Crippen LogP contribution in [-0.4, -0.2) is 8.24 Å². The molecule has 0 saturated heterocycles. The summed E-state index contributed by atoms with van der Waals surface area (Å²) in [7, 11) is -18.9. The molecule has 0 aromatic carbocycles. The van der Waals surface area contributed by atoms with E-state index in [-0.39, 0.29) is 0 Å². The Hall–Kier alpha value is 1.33. The van der Waals surface area contributed by atoms with Gasteiger partial charge in [0.05, 0.1) is 0 Å². The SMILES string of the molecule is C[Si](C)(C)NP(Cl)(Cl)=NP1(F)=NP(F)(F)=NP(F)(F)=N1. The normalized spacial score (nSPS) is 28.9. The fourth-order valence-electron chi connectivity index (χ4n) is 1.06. The van der Waals surface area contributed by atoms with Crippen molar-refractivity contribution in [2.75, 3.05) is 0 Å². The highest BCUT2D eigenvalue weighted by atomic mass is 35.9. The van der Waals surface area contributed by atoms with Crippen molar-refractivity contribution in [2.24, 2.45) is 18.1 Å². The lowest BCUT2D eigenvalue weighted by Gasteiger charge is -2.23. The predicted molar refractivity (Wildman–Crippen MR) is 81.1 cm³/mol. The molecule has 1 heterocycles. The van der Waals surface area contributed by atoms with E-state index in [1.807, 2.05) is 4.52 Å². The Morgan fingerprint density at radius 2 is 1.40 bits per heavy atom. The smallest absolute Gasteiger partial charge is 0.281 e. The van der Waals surface area contributed by atoms with E-state index in [9.17, 15) is 21.0 Å². The van der Waals surface area contributed by atoms with Crippen LogP contribution in [0.2, 0.25) is 19.6 Å². The molecular weight excluding hydrogens is 424 g/mol. The molecule has 0 aliphatic carbocycles. The molecule has 1 aliphatic rings. The Labute approximate surface area is 123 Å². The second-order valence-corrected chi connectivity index (χ2v) is 20.1. The van der Waals surface area contributed by atoms with Crippen molar-refractivity contribution in [1.29, 1.82) is 0 Å². The average molecular weight is 434 g/mol. The number of halogens is 7. The number of hydrogen-bond acceptors (Lipinski definition) is 4. The first-order chi connectivity index (χ1) is 8.54. The van der Waals surface area contributed by atoms with Crippen molar-refractivity contribution in [3.63, 3.8) is 0 Å². The second kappa shape index (κ2) is 5.75. The zero-order valence-corrected chi connectivity index (χ0v) is 16.3. The minimum absolute atomic E-state index is 1.74. The predicted octanol–water partition coefficient (Wildman–Crippen LogP) is 8.53. The van der Waals surface area contributed by atoms with Gasteiger partial charge in [0.25, 0.3) is 0 Å². The summed E-state index contributed by atoms with van der Waals surface area (Å²) < 4.78 is 78.5. The lowest BCUT2D eigenvalue weighted by atomic mass is 11.8. The molecule has 1 atom stereocenters. The van der Waals surface area contributed by atoms with Crippen molar-refractivity contribution in [3.8, 4) is 0 Å². The van der Waals surface area contributed by atoms with Crippen LogP contribution in [0, 0.1) is 0 Å². The van der Waals surface area contributed by atoms with Gasteiger partial charge in [0, 0.05) is 0 Å². The van der Waals surface area contributed by atoms with Gasteiger partial charge in [-0.25, -0.2) is 0 Å². The summed E-state index contributed by atoms with van der Waals surface area (Å²) in [6.07, 6.45) is 0. The van der Waals surface area contributed by atoms with Gasteiger partial charge >= 0.3 is 23.3 Å². The van der Waals surface area contributed by atoms with E-state index in [1.165, 1.54) is 0 Å². The maximum absolute atomic E-state index is 14.1. The van der Waals surface area contributed by atoms with Crippen molar-refractivity contribution in [1.82, 2.24) is 4.75 Å². The molecule has 5 nitrogen and oxygen atoms in total. The van der Waals surface area contributed by atoms with Gasteiger partial charge < -0.3 is 0 Å². The Balaban J connectivity index is 3.44. The minimum atomic E-state index is -5.80. The molecule has 0 aromatic heterocycles. The summed E-state index contributed by atoms with van der Waals surface area (Å²) in [5.74, 6) is -3.62. The standard InChI is InChI=1S/C3H10Cl2F5N5P4Si/c1-20(2,3)15-16(4,5)11-19(10)13-17(6,7)12-18(8,9)14-19/h15H,1-3H3. The summed E-state index contributed by atoms with van der Waals surface area (Å²) >= 11 is 11.5. The Kier molecular flexibility index (Phi) is 5.57. The van der Waals surface area contributed by atoms with E-state index in [2.05, 4.69) is 18.3 Å². The van der Waals surface area contributed by atoms with E-state index in [0.29, 0.717) is 0 Å². The van der Waals surface area contributed by atoms with Crippen LogP contribution in [-0.2, 0) is 0 Å². The van der Waals surface area contributed by atoms with E-state index in [0.717, 1.165) is 0 Å². The van der Waals surface area contributed by atoms with E-state index < -0.39 is 37.5 Å². The molecule has 0 bridgehead atoms. The zero-order valence-electron chi connectivity index (χ0n) is 10.2. The maximum atomic E-state index is 14.1. The van der Waals surface area contributed by atoms with Gasteiger partial charge in [-0.3, -0.25) is 4.75 Å². The van der Waals surface area contributed by atoms with Gasteiger partial charge in [0.1, 0.15) is 8.24 Å². The van der Waals surface area contributed by atoms with Gasteiger partial charge in [0.15, 0.2) is 0 Å². The lowest BCUT2D eigenvalue weighted by Crippen LogP contribution is -2.36. The highest BCUT2D eigenvalue weighted by Gasteiger charge is 2.40. The molecule has 17 heteroatoms. The number of rotatable bonds is 3. The fourth-order valence-corrected chi connectivity index (χ4v) is 17.7. The maximum Gasteiger partial charge on any atom is 0.424 e. The number of nitrogens with zero attached hydrogens (tertiary/aromatic N) is 4. The summed E-state index contributed by atoms with van der Waals surface area (Å²) in [5.41, 5.74) is 0. The Bertz CT molecular complexity index is 617. The van der Waals surface area contributed by atoms with Crippen molar-refractivity contribution in [2.45, 2.75) is 19.6 Å². The van der Waals surface area contributed by atoms with Gasteiger partial charge in [-0.05, 0) is 22.5 Å². The molecule has 0 saturated carbocycles. The average Bonchev–Trinajstić information content (AvgIpc) is 1.83. The molecule has 0 radical (unpaired) electrons. The molecule has 0 spiro atoms. The minimum Gasteiger partial charge on any atom is -0.281 e. The zero-order chi connectivity index (χ0) is 16.0. The van der Waals surface area contributed by atoms with Gasteiger partial charge in [-0.1, -0.05) is 19.6 Å². The van der Waals surface area contributed by atoms with Crippen molar-refractivity contribution >= 4 is 59.9 Å². The van der Waals surface area contributed by atoms with Crippen LogP contribution in [0.15, 0.2) is 18.1 Å². The molecule has 1 aliphatic heterocycles. The van der Waals surface area contributed by atoms with E-state index in [1.54, 1.807) is 19.6 Å². The third-order valence-corrected chi connectivity index (χ3v) is 14.9. The molecule has 1 rings (SSSR count). The first-order valence-electron chi connectivity index (χ1n) is 4.76. The summed E-state index contributed by atoms with van der Waals surface area (Å²) in [4.78, 5) is 0. The molecular formula is C3H10Cl2F5N5P4Si. The van der Waals surface area contributed by atoms with Crippen LogP contribution >= 0.6 is 51.7 Å². The lowest BCUT2D eigenvalue weighted by molar-refractivity contribution is 0.697. The summed E-state index contributed by atoms with van der Waals surface area (Å²) in [5, 5.41) is 0. The van der Waals surface area contributed by atoms with Crippen molar-refractivity contribution in [3.05, 3.63) is 0 Å².